The molecule has 1 aliphatic rings. The first-order valence-corrected chi connectivity index (χ1v) is 13.1. The quantitative estimate of drug-likeness (QED) is 0.124. The van der Waals surface area contributed by atoms with Gasteiger partial charge in [0.05, 0.1) is 23.7 Å². The van der Waals surface area contributed by atoms with Gasteiger partial charge in [-0.3, -0.25) is 20.2 Å². The maximum atomic E-state index is 12.9. The van der Waals surface area contributed by atoms with Crippen molar-refractivity contribution in [2.75, 3.05) is 36.5 Å². The molecule has 1 aliphatic heterocycles. The van der Waals surface area contributed by atoms with E-state index in [-0.39, 0.29) is 28.0 Å². The number of anilines is 2. The summed E-state index contributed by atoms with van der Waals surface area (Å²) in [6.45, 7) is 6.18. The van der Waals surface area contributed by atoms with Crippen LogP contribution in [0.2, 0.25) is 0 Å². The Hall–Kier alpha value is -4.55. The maximum absolute atomic E-state index is 12.9. The van der Waals surface area contributed by atoms with Crippen molar-refractivity contribution in [1.29, 1.82) is 0 Å². The Bertz CT molecular complexity index is 1610. The van der Waals surface area contributed by atoms with E-state index in [0.29, 0.717) is 60.3 Å². The summed E-state index contributed by atoms with van der Waals surface area (Å²) >= 11 is 5.31. The van der Waals surface area contributed by atoms with E-state index in [0.717, 1.165) is 5.56 Å². The lowest BCUT2D eigenvalue weighted by atomic mass is 10.0. The summed E-state index contributed by atoms with van der Waals surface area (Å²) in [5.74, 6) is -0.0768. The van der Waals surface area contributed by atoms with Gasteiger partial charge in [0.2, 0.25) is 5.89 Å². The summed E-state index contributed by atoms with van der Waals surface area (Å²) in [6, 6.07) is 14.7. The van der Waals surface area contributed by atoms with E-state index < -0.39 is 10.8 Å². The molecule has 0 aliphatic carbocycles. The van der Waals surface area contributed by atoms with Crippen LogP contribution in [0.5, 0.6) is 5.75 Å². The summed E-state index contributed by atoms with van der Waals surface area (Å²) in [5, 5.41) is 27.6. The predicted molar refractivity (Wildman–Crippen MR) is 155 cm³/mol. The first kappa shape index (κ1) is 27.0. The van der Waals surface area contributed by atoms with Gasteiger partial charge in [0.15, 0.2) is 10.7 Å². The molecule has 3 N–H and O–H groups in total. The number of hydrogen-bond acceptors (Lipinski definition) is 9. The van der Waals surface area contributed by atoms with Gasteiger partial charge in [-0.2, -0.15) is 0 Å². The highest BCUT2D eigenvalue weighted by atomic mass is 32.1. The number of amides is 1. The molecular formula is C28H27N5O6S. The fourth-order valence-electron chi connectivity index (χ4n) is 4.42. The van der Waals surface area contributed by atoms with Crippen molar-refractivity contribution in [3.05, 3.63) is 75.8 Å². The van der Waals surface area contributed by atoms with Crippen LogP contribution in [-0.4, -0.2) is 52.3 Å². The molecule has 3 aromatic carbocycles. The molecule has 2 heterocycles. The minimum absolute atomic E-state index is 0.0271. The van der Waals surface area contributed by atoms with Crippen LogP contribution in [0.15, 0.2) is 59.0 Å². The number of nitro groups is 1. The van der Waals surface area contributed by atoms with Gasteiger partial charge in [-0.1, -0.05) is 19.9 Å². The standard InChI is InChI=1S/C28H27N5O6S/c1-16(2)17-4-8-25-21(13-17)30-27(39-25)20-15-19(5-7-24(20)34)29-28(40)31-26(35)18-3-6-22(23(14-18)33(36)37)32-9-11-38-12-10-32/h3-8,13-16,34H,9-12H2,1-2H3,(H2,29,31,35,40). The summed E-state index contributed by atoms with van der Waals surface area (Å²) < 4.78 is 11.2. The largest absolute Gasteiger partial charge is 0.507 e. The molecule has 5 rings (SSSR count). The van der Waals surface area contributed by atoms with Crippen LogP contribution >= 0.6 is 12.2 Å². The van der Waals surface area contributed by atoms with E-state index in [1.807, 2.05) is 23.1 Å². The first-order chi connectivity index (χ1) is 19.2. The topological polar surface area (TPSA) is 143 Å². The van der Waals surface area contributed by atoms with E-state index >= 15 is 0 Å². The number of nitrogens with zero attached hydrogens (tertiary/aromatic N) is 3. The number of phenolic OH excluding ortho intramolecular Hbond substituents is 1. The Kier molecular flexibility index (Phi) is 7.63. The lowest BCUT2D eigenvalue weighted by Gasteiger charge is -2.28. The maximum Gasteiger partial charge on any atom is 0.293 e. The van der Waals surface area contributed by atoms with E-state index in [1.54, 1.807) is 18.2 Å². The molecule has 0 saturated carbocycles. The van der Waals surface area contributed by atoms with Crippen molar-refractivity contribution < 1.29 is 24.0 Å². The van der Waals surface area contributed by atoms with Crippen molar-refractivity contribution >= 4 is 51.4 Å². The number of thiocarbonyl (C=S) groups is 1. The van der Waals surface area contributed by atoms with Gasteiger partial charge in [0.1, 0.15) is 17.0 Å². The first-order valence-electron chi connectivity index (χ1n) is 12.7. The highest BCUT2D eigenvalue weighted by Gasteiger charge is 2.24. The molecule has 0 bridgehead atoms. The zero-order chi connectivity index (χ0) is 28.4. The Morgan fingerprint density at radius 1 is 1.12 bits per heavy atom. The molecule has 11 nitrogen and oxygen atoms in total. The number of oxazole rings is 1. The number of aromatic nitrogens is 1. The van der Waals surface area contributed by atoms with Crippen molar-refractivity contribution in [2.24, 2.45) is 0 Å². The summed E-state index contributed by atoms with van der Waals surface area (Å²) in [6.07, 6.45) is 0. The van der Waals surface area contributed by atoms with E-state index in [1.165, 1.54) is 18.2 Å². The Labute approximate surface area is 234 Å². The predicted octanol–water partition coefficient (Wildman–Crippen LogP) is 5.20. The van der Waals surface area contributed by atoms with Gasteiger partial charge in [0.25, 0.3) is 11.6 Å². The van der Waals surface area contributed by atoms with Crippen LogP contribution in [0, 0.1) is 10.1 Å². The third-order valence-corrected chi connectivity index (χ3v) is 6.78. The summed E-state index contributed by atoms with van der Waals surface area (Å²) in [5.41, 5.74) is 3.55. The fraction of sp³-hybridized carbons (Fsp3) is 0.250. The summed E-state index contributed by atoms with van der Waals surface area (Å²) in [7, 11) is 0. The number of rotatable bonds is 6. The molecule has 206 valence electrons. The Morgan fingerprint density at radius 3 is 2.62 bits per heavy atom. The number of nitrogens with one attached hydrogen (secondary N) is 2. The SMILES string of the molecule is CC(C)c1ccc2oc(-c3cc(NC(=S)NC(=O)c4ccc(N5CCOCC5)c([N+](=O)[O-])c4)ccc3O)nc2c1. The second-order valence-electron chi connectivity index (χ2n) is 9.60. The molecular weight excluding hydrogens is 534 g/mol. The molecule has 1 saturated heterocycles. The lowest BCUT2D eigenvalue weighted by molar-refractivity contribution is -0.384. The minimum Gasteiger partial charge on any atom is -0.507 e. The van der Waals surface area contributed by atoms with Crippen molar-refractivity contribution in [2.45, 2.75) is 19.8 Å². The number of benzene rings is 3. The highest BCUT2D eigenvalue weighted by Crippen LogP contribution is 2.34. The molecule has 1 aromatic heterocycles. The molecule has 40 heavy (non-hydrogen) atoms. The minimum atomic E-state index is -0.604. The number of hydrogen-bond donors (Lipinski definition) is 3. The van der Waals surface area contributed by atoms with Gasteiger partial charge in [-0.15, -0.1) is 0 Å². The molecule has 0 spiro atoms. The second-order valence-corrected chi connectivity index (χ2v) is 10.0. The van der Waals surface area contributed by atoms with E-state index in [4.69, 9.17) is 21.4 Å². The number of carbonyl (C=O) groups is 1. The molecule has 0 radical (unpaired) electrons. The number of phenols is 1. The third-order valence-electron chi connectivity index (χ3n) is 6.58. The zero-order valence-corrected chi connectivity index (χ0v) is 22.7. The van der Waals surface area contributed by atoms with Crippen molar-refractivity contribution in [3.63, 3.8) is 0 Å². The van der Waals surface area contributed by atoms with Crippen LogP contribution in [0.3, 0.4) is 0 Å². The highest BCUT2D eigenvalue weighted by molar-refractivity contribution is 7.80. The molecule has 4 aromatic rings. The van der Waals surface area contributed by atoms with Gasteiger partial charge < -0.3 is 24.5 Å². The number of aromatic hydroxyl groups is 1. The lowest BCUT2D eigenvalue weighted by Crippen LogP contribution is -2.37. The second kappa shape index (κ2) is 11.3. The average Bonchev–Trinajstić information content (AvgIpc) is 3.37. The van der Waals surface area contributed by atoms with Crippen molar-refractivity contribution in [1.82, 2.24) is 10.3 Å². The number of morpholine rings is 1. The van der Waals surface area contributed by atoms with Gasteiger partial charge in [0, 0.05) is 30.4 Å². The molecule has 0 atom stereocenters. The molecule has 1 fully saturated rings. The summed E-state index contributed by atoms with van der Waals surface area (Å²) in [4.78, 5) is 30.5. The smallest absolute Gasteiger partial charge is 0.293 e. The number of ether oxygens (including phenoxy) is 1. The van der Waals surface area contributed by atoms with Gasteiger partial charge in [-0.25, -0.2) is 4.98 Å². The Balaban J connectivity index is 1.31. The normalized spacial score (nSPS) is 13.4. The molecule has 1 amide bonds. The monoisotopic (exact) mass is 561 g/mol. The van der Waals surface area contributed by atoms with Crippen LogP contribution in [0.25, 0.3) is 22.6 Å². The molecule has 12 heteroatoms. The fourth-order valence-corrected chi connectivity index (χ4v) is 4.63. The van der Waals surface area contributed by atoms with Gasteiger partial charge >= 0.3 is 0 Å². The number of fused-ring (bicyclic) bond motifs is 1. The number of carbonyl (C=O) groups excluding carboxylic acids is 1. The van der Waals surface area contributed by atoms with Crippen LogP contribution in [-0.2, 0) is 4.74 Å². The van der Waals surface area contributed by atoms with E-state index in [9.17, 15) is 20.0 Å². The molecule has 0 unspecified atom stereocenters. The van der Waals surface area contributed by atoms with Crippen molar-refractivity contribution in [3.8, 4) is 17.2 Å². The van der Waals surface area contributed by atoms with Crippen LogP contribution in [0.1, 0.15) is 35.7 Å². The van der Waals surface area contributed by atoms with Crippen LogP contribution < -0.4 is 15.5 Å². The average molecular weight is 562 g/mol. The third kappa shape index (κ3) is 5.72. The number of nitro benzene ring substituents is 1. The van der Waals surface area contributed by atoms with Gasteiger partial charge in [-0.05, 0) is 66.2 Å². The van der Waals surface area contributed by atoms with E-state index in [2.05, 4.69) is 29.5 Å². The Morgan fingerprint density at radius 2 is 1.90 bits per heavy atom. The zero-order valence-electron chi connectivity index (χ0n) is 21.8. The van der Waals surface area contributed by atoms with Crippen LogP contribution in [0.4, 0.5) is 17.1 Å².